The zero-order valence-corrected chi connectivity index (χ0v) is 7.40. The SMILES string of the molecule is O=C(O)CC(CC(=O)O)C1CCC1. The number of aliphatic carboxylic acids is 2. The Labute approximate surface area is 76.6 Å². The molecule has 0 spiro atoms. The molecule has 1 rings (SSSR count). The summed E-state index contributed by atoms with van der Waals surface area (Å²) in [6, 6.07) is 0. The number of hydrogen-bond donors (Lipinski definition) is 2. The largest absolute Gasteiger partial charge is 0.481 e. The maximum atomic E-state index is 10.4. The van der Waals surface area contributed by atoms with Gasteiger partial charge in [-0.25, -0.2) is 0 Å². The predicted octanol–water partition coefficient (Wildman–Crippen LogP) is 1.35. The molecule has 0 atom stereocenters. The standard InChI is InChI=1S/C9H14O4/c10-8(11)4-7(5-9(12)13)6-2-1-3-6/h6-7H,1-5H2,(H,10,11)(H,12,13). The first kappa shape index (κ1) is 10.0. The lowest BCUT2D eigenvalue weighted by Crippen LogP contribution is -2.26. The molecule has 0 aromatic carbocycles. The second-order valence-corrected chi connectivity index (χ2v) is 3.65. The summed E-state index contributed by atoms with van der Waals surface area (Å²) in [5, 5.41) is 17.1. The Morgan fingerprint density at radius 1 is 1.15 bits per heavy atom. The average molecular weight is 186 g/mol. The topological polar surface area (TPSA) is 74.6 Å². The molecule has 0 unspecified atom stereocenters. The molecule has 0 heterocycles. The van der Waals surface area contributed by atoms with Crippen molar-refractivity contribution < 1.29 is 19.8 Å². The van der Waals surface area contributed by atoms with Crippen LogP contribution in [0.15, 0.2) is 0 Å². The Kier molecular flexibility index (Phi) is 3.28. The van der Waals surface area contributed by atoms with Crippen LogP contribution >= 0.6 is 0 Å². The summed E-state index contributed by atoms with van der Waals surface area (Å²) in [7, 11) is 0. The Morgan fingerprint density at radius 3 is 1.85 bits per heavy atom. The molecule has 1 aliphatic carbocycles. The van der Waals surface area contributed by atoms with Crippen molar-refractivity contribution in [2.45, 2.75) is 32.1 Å². The summed E-state index contributed by atoms with van der Waals surface area (Å²) in [5.74, 6) is -1.62. The molecule has 0 aliphatic heterocycles. The molecule has 0 aromatic heterocycles. The van der Waals surface area contributed by atoms with Gasteiger partial charge >= 0.3 is 11.9 Å². The molecule has 1 saturated carbocycles. The third-order valence-electron chi connectivity index (χ3n) is 2.69. The first-order valence-electron chi connectivity index (χ1n) is 4.53. The van der Waals surface area contributed by atoms with Crippen LogP contribution in [0.25, 0.3) is 0 Å². The lowest BCUT2D eigenvalue weighted by atomic mass is 9.73. The molecular weight excluding hydrogens is 172 g/mol. The van der Waals surface area contributed by atoms with Crippen molar-refractivity contribution >= 4 is 11.9 Å². The molecule has 13 heavy (non-hydrogen) atoms. The number of carboxylic acid groups (broad SMARTS) is 2. The summed E-state index contributed by atoms with van der Waals surface area (Å²) in [6.45, 7) is 0. The zero-order valence-electron chi connectivity index (χ0n) is 7.40. The second-order valence-electron chi connectivity index (χ2n) is 3.65. The first-order chi connectivity index (χ1) is 6.09. The molecular formula is C9H14O4. The Hall–Kier alpha value is -1.06. The van der Waals surface area contributed by atoms with Gasteiger partial charge in [0.1, 0.15) is 0 Å². The van der Waals surface area contributed by atoms with E-state index in [0.29, 0.717) is 5.92 Å². The summed E-state index contributed by atoms with van der Waals surface area (Å²) in [6.07, 6.45) is 3.09. The highest BCUT2D eigenvalue weighted by Gasteiger charge is 2.30. The van der Waals surface area contributed by atoms with Gasteiger partial charge in [-0.15, -0.1) is 0 Å². The molecule has 1 fully saturated rings. The van der Waals surface area contributed by atoms with E-state index in [1.54, 1.807) is 0 Å². The zero-order chi connectivity index (χ0) is 9.84. The third-order valence-corrected chi connectivity index (χ3v) is 2.69. The van der Waals surface area contributed by atoms with Crippen LogP contribution in [0.4, 0.5) is 0 Å². The summed E-state index contributed by atoms with van der Waals surface area (Å²) in [5.41, 5.74) is 0. The van der Waals surface area contributed by atoms with Gasteiger partial charge < -0.3 is 10.2 Å². The van der Waals surface area contributed by atoms with Crippen LogP contribution in [0.1, 0.15) is 32.1 Å². The van der Waals surface area contributed by atoms with Gasteiger partial charge in [-0.1, -0.05) is 19.3 Å². The van der Waals surface area contributed by atoms with Gasteiger partial charge in [0, 0.05) is 12.8 Å². The Morgan fingerprint density at radius 2 is 1.62 bits per heavy atom. The van der Waals surface area contributed by atoms with Gasteiger partial charge in [0.15, 0.2) is 0 Å². The molecule has 0 radical (unpaired) electrons. The average Bonchev–Trinajstić information content (AvgIpc) is 1.78. The van der Waals surface area contributed by atoms with Gasteiger partial charge in [-0.3, -0.25) is 9.59 Å². The van der Waals surface area contributed by atoms with Crippen LogP contribution in [-0.4, -0.2) is 22.2 Å². The van der Waals surface area contributed by atoms with Gasteiger partial charge in [0.25, 0.3) is 0 Å². The molecule has 1 aliphatic rings. The number of hydrogen-bond acceptors (Lipinski definition) is 2. The van der Waals surface area contributed by atoms with E-state index in [9.17, 15) is 9.59 Å². The van der Waals surface area contributed by atoms with Crippen molar-refractivity contribution in [3.05, 3.63) is 0 Å². The highest BCUT2D eigenvalue weighted by molar-refractivity contribution is 5.70. The lowest BCUT2D eigenvalue weighted by molar-refractivity contribution is -0.142. The quantitative estimate of drug-likeness (QED) is 0.679. The van der Waals surface area contributed by atoms with E-state index in [-0.39, 0.29) is 18.8 Å². The van der Waals surface area contributed by atoms with Crippen LogP contribution in [0, 0.1) is 11.8 Å². The monoisotopic (exact) mass is 186 g/mol. The highest BCUT2D eigenvalue weighted by Crippen LogP contribution is 2.36. The number of carbonyl (C=O) groups is 2. The summed E-state index contributed by atoms with van der Waals surface area (Å²) >= 11 is 0. The second kappa shape index (κ2) is 4.25. The molecule has 0 bridgehead atoms. The van der Waals surface area contributed by atoms with Crippen LogP contribution < -0.4 is 0 Å². The minimum atomic E-state index is -0.891. The first-order valence-corrected chi connectivity index (χ1v) is 4.53. The molecule has 0 saturated heterocycles. The lowest BCUT2D eigenvalue weighted by Gasteiger charge is -2.32. The third kappa shape index (κ3) is 3.05. The van der Waals surface area contributed by atoms with Crippen LogP contribution in [0.3, 0.4) is 0 Å². The Bertz CT molecular complexity index is 192. The number of carboxylic acids is 2. The van der Waals surface area contributed by atoms with Crippen molar-refractivity contribution in [2.75, 3.05) is 0 Å². The van der Waals surface area contributed by atoms with Gasteiger partial charge in [-0.2, -0.15) is 0 Å². The Balaban J connectivity index is 2.42. The fraction of sp³-hybridized carbons (Fsp3) is 0.778. The van der Waals surface area contributed by atoms with E-state index in [1.807, 2.05) is 0 Å². The maximum Gasteiger partial charge on any atom is 0.303 e. The molecule has 74 valence electrons. The van der Waals surface area contributed by atoms with E-state index >= 15 is 0 Å². The van der Waals surface area contributed by atoms with E-state index < -0.39 is 11.9 Å². The summed E-state index contributed by atoms with van der Waals surface area (Å²) in [4.78, 5) is 20.9. The van der Waals surface area contributed by atoms with E-state index in [4.69, 9.17) is 10.2 Å². The van der Waals surface area contributed by atoms with Crippen LogP contribution in [0.5, 0.6) is 0 Å². The minimum absolute atomic E-state index is 0.00301. The van der Waals surface area contributed by atoms with Gasteiger partial charge in [0.05, 0.1) is 0 Å². The van der Waals surface area contributed by atoms with Gasteiger partial charge in [-0.05, 0) is 11.8 Å². The van der Waals surface area contributed by atoms with Crippen molar-refractivity contribution in [3.63, 3.8) is 0 Å². The van der Waals surface area contributed by atoms with Gasteiger partial charge in [0.2, 0.25) is 0 Å². The number of rotatable bonds is 5. The van der Waals surface area contributed by atoms with Crippen molar-refractivity contribution in [1.82, 2.24) is 0 Å². The van der Waals surface area contributed by atoms with E-state index in [2.05, 4.69) is 0 Å². The van der Waals surface area contributed by atoms with Crippen LogP contribution in [0.2, 0.25) is 0 Å². The molecule has 2 N–H and O–H groups in total. The minimum Gasteiger partial charge on any atom is -0.481 e. The molecule has 4 heteroatoms. The molecule has 4 nitrogen and oxygen atoms in total. The fourth-order valence-corrected chi connectivity index (χ4v) is 1.77. The summed E-state index contributed by atoms with van der Waals surface area (Å²) < 4.78 is 0. The highest BCUT2D eigenvalue weighted by atomic mass is 16.4. The van der Waals surface area contributed by atoms with Crippen molar-refractivity contribution in [3.8, 4) is 0 Å². The fourth-order valence-electron chi connectivity index (χ4n) is 1.77. The predicted molar refractivity (Wildman–Crippen MR) is 45.3 cm³/mol. The van der Waals surface area contributed by atoms with E-state index in [0.717, 1.165) is 19.3 Å². The maximum absolute atomic E-state index is 10.4. The van der Waals surface area contributed by atoms with Crippen LogP contribution in [-0.2, 0) is 9.59 Å². The smallest absolute Gasteiger partial charge is 0.303 e. The van der Waals surface area contributed by atoms with Crippen molar-refractivity contribution in [2.24, 2.45) is 11.8 Å². The normalized spacial score (nSPS) is 17.0. The van der Waals surface area contributed by atoms with Crippen molar-refractivity contribution in [1.29, 1.82) is 0 Å². The van der Waals surface area contributed by atoms with E-state index in [1.165, 1.54) is 0 Å². The molecule has 0 aromatic rings. The molecule has 0 amide bonds.